The Morgan fingerprint density at radius 3 is 2.67 bits per heavy atom. The topological polar surface area (TPSA) is 41.4 Å². The highest BCUT2D eigenvalue weighted by Crippen LogP contribution is 2.22. The first-order chi connectivity index (χ1) is 10.1. The number of hydrogen-bond acceptors (Lipinski definition) is 1. The lowest BCUT2D eigenvalue weighted by molar-refractivity contribution is 0.674. The van der Waals surface area contributed by atoms with Crippen LogP contribution in [-0.4, -0.2) is 17.6 Å². The Morgan fingerprint density at radius 1 is 1.29 bits per heavy atom. The van der Waals surface area contributed by atoms with E-state index in [0.29, 0.717) is 0 Å². The third-order valence-corrected chi connectivity index (χ3v) is 4.16. The lowest BCUT2D eigenvalue weighted by Crippen LogP contribution is -2.38. The molecule has 1 unspecified atom stereocenters. The van der Waals surface area contributed by atoms with Crippen LogP contribution in [0.4, 0.5) is 0 Å². The molecule has 2 N–H and O–H groups in total. The summed E-state index contributed by atoms with van der Waals surface area (Å²) in [6.07, 6.45) is 2.04. The first kappa shape index (κ1) is 15.6. The van der Waals surface area contributed by atoms with Crippen molar-refractivity contribution in [2.24, 2.45) is 12.0 Å². The summed E-state index contributed by atoms with van der Waals surface area (Å²) in [5.74, 6) is 0.791. The Hall–Kier alpha value is -1.75. The summed E-state index contributed by atoms with van der Waals surface area (Å²) >= 11 is 3.59. The number of aromatic nitrogens is 1. The number of nitrogens with one attached hydrogen (secondary N) is 2. The van der Waals surface area contributed by atoms with Crippen molar-refractivity contribution in [1.82, 2.24) is 15.2 Å². The van der Waals surface area contributed by atoms with Crippen LogP contribution in [0.2, 0.25) is 0 Å². The molecule has 1 heterocycles. The molecule has 0 aliphatic heterocycles. The van der Waals surface area contributed by atoms with Gasteiger partial charge in [0.05, 0.1) is 12.6 Å². The molecule has 0 aliphatic carbocycles. The second kappa shape index (κ2) is 7.31. The zero-order valence-corrected chi connectivity index (χ0v) is 14.2. The van der Waals surface area contributed by atoms with Gasteiger partial charge in [-0.25, -0.2) is 0 Å². The summed E-state index contributed by atoms with van der Waals surface area (Å²) in [6, 6.07) is 12.5. The van der Waals surface area contributed by atoms with Gasteiger partial charge in [0.15, 0.2) is 5.96 Å². The Balaban J connectivity index is 1.97. The van der Waals surface area contributed by atoms with Crippen molar-refractivity contribution in [1.29, 1.82) is 0 Å². The van der Waals surface area contributed by atoms with E-state index in [1.54, 1.807) is 7.05 Å². The second-order valence-corrected chi connectivity index (χ2v) is 5.78. The number of hydrogen-bond donors (Lipinski definition) is 2. The van der Waals surface area contributed by atoms with Gasteiger partial charge in [-0.15, -0.1) is 0 Å². The van der Waals surface area contributed by atoms with Crippen molar-refractivity contribution in [3.8, 4) is 0 Å². The highest BCUT2D eigenvalue weighted by Gasteiger charge is 2.10. The van der Waals surface area contributed by atoms with Crippen molar-refractivity contribution >= 4 is 21.9 Å². The average molecular weight is 349 g/mol. The summed E-state index contributed by atoms with van der Waals surface area (Å²) in [7, 11) is 3.82. The molecular formula is C16H21BrN4. The zero-order chi connectivity index (χ0) is 15.2. The minimum atomic E-state index is 0.167. The van der Waals surface area contributed by atoms with Crippen LogP contribution in [0.3, 0.4) is 0 Å². The van der Waals surface area contributed by atoms with Gasteiger partial charge in [0.25, 0.3) is 0 Å². The lowest BCUT2D eigenvalue weighted by Gasteiger charge is -2.19. The van der Waals surface area contributed by atoms with Crippen LogP contribution in [0.1, 0.15) is 24.2 Å². The highest BCUT2D eigenvalue weighted by molar-refractivity contribution is 9.10. The van der Waals surface area contributed by atoms with Gasteiger partial charge >= 0.3 is 0 Å². The van der Waals surface area contributed by atoms with E-state index in [1.165, 1.54) is 11.3 Å². The standard InChI is InChI=1S/C16H21BrN4/c1-12(14-8-4-5-9-15(14)17)20-16(18-2)19-11-13-7-6-10-21(13)3/h4-10,12H,11H2,1-3H3,(H2,18,19,20). The molecule has 0 bridgehead atoms. The fraction of sp³-hybridized carbons (Fsp3) is 0.312. The molecule has 0 radical (unpaired) electrons. The van der Waals surface area contributed by atoms with Crippen LogP contribution in [-0.2, 0) is 13.6 Å². The number of halogens is 1. The summed E-state index contributed by atoms with van der Waals surface area (Å²) in [5.41, 5.74) is 2.42. The van der Waals surface area contributed by atoms with Crippen LogP contribution >= 0.6 is 15.9 Å². The van der Waals surface area contributed by atoms with E-state index in [0.717, 1.165) is 17.0 Å². The SMILES string of the molecule is CN=C(NCc1cccn1C)NC(C)c1ccccc1Br. The molecule has 1 atom stereocenters. The number of nitrogens with zero attached hydrogens (tertiary/aromatic N) is 2. The molecule has 0 fully saturated rings. The Labute approximate surface area is 134 Å². The maximum Gasteiger partial charge on any atom is 0.191 e. The van der Waals surface area contributed by atoms with Crippen molar-refractivity contribution in [3.63, 3.8) is 0 Å². The first-order valence-corrected chi connectivity index (χ1v) is 7.73. The van der Waals surface area contributed by atoms with Crippen LogP contribution in [0.25, 0.3) is 0 Å². The Morgan fingerprint density at radius 2 is 2.05 bits per heavy atom. The molecule has 2 aromatic rings. The molecule has 0 spiro atoms. The van der Waals surface area contributed by atoms with Crippen molar-refractivity contribution < 1.29 is 0 Å². The monoisotopic (exact) mass is 348 g/mol. The van der Waals surface area contributed by atoms with Gasteiger partial charge in [-0.2, -0.15) is 0 Å². The third-order valence-electron chi connectivity index (χ3n) is 3.44. The minimum Gasteiger partial charge on any atom is -0.353 e. The number of aryl methyl sites for hydroxylation is 1. The Kier molecular flexibility index (Phi) is 5.44. The second-order valence-electron chi connectivity index (χ2n) is 4.92. The molecule has 1 aromatic carbocycles. The van der Waals surface area contributed by atoms with E-state index in [-0.39, 0.29) is 6.04 Å². The summed E-state index contributed by atoms with van der Waals surface area (Å²) in [4.78, 5) is 4.28. The van der Waals surface area contributed by atoms with E-state index in [1.807, 2.05) is 37.5 Å². The first-order valence-electron chi connectivity index (χ1n) is 6.93. The van der Waals surface area contributed by atoms with Crippen molar-refractivity contribution in [3.05, 3.63) is 58.3 Å². The molecule has 2 rings (SSSR count). The van der Waals surface area contributed by atoms with E-state index in [9.17, 15) is 0 Å². The van der Waals surface area contributed by atoms with Crippen LogP contribution in [0.5, 0.6) is 0 Å². The van der Waals surface area contributed by atoms with Crippen LogP contribution in [0.15, 0.2) is 52.1 Å². The fourth-order valence-electron chi connectivity index (χ4n) is 2.16. The minimum absolute atomic E-state index is 0.167. The average Bonchev–Trinajstić information content (AvgIpc) is 2.89. The fourth-order valence-corrected chi connectivity index (χ4v) is 2.79. The normalized spacial score (nSPS) is 13.0. The molecular weight excluding hydrogens is 328 g/mol. The zero-order valence-electron chi connectivity index (χ0n) is 12.6. The quantitative estimate of drug-likeness (QED) is 0.657. The third kappa shape index (κ3) is 4.11. The van der Waals surface area contributed by atoms with Gasteiger partial charge in [0.2, 0.25) is 0 Å². The number of guanidine groups is 1. The van der Waals surface area contributed by atoms with Gasteiger partial charge in [-0.05, 0) is 30.7 Å². The molecule has 21 heavy (non-hydrogen) atoms. The van der Waals surface area contributed by atoms with Crippen LogP contribution < -0.4 is 10.6 Å². The predicted octanol–water partition coefficient (Wildman–Crippen LogP) is 3.21. The van der Waals surface area contributed by atoms with Gasteiger partial charge in [0, 0.05) is 30.5 Å². The molecule has 0 saturated carbocycles. The summed E-state index contributed by atoms with van der Waals surface area (Å²) in [5, 5.41) is 6.74. The van der Waals surface area contributed by atoms with E-state index >= 15 is 0 Å². The molecule has 0 aliphatic rings. The van der Waals surface area contributed by atoms with Crippen LogP contribution in [0, 0.1) is 0 Å². The maximum absolute atomic E-state index is 4.28. The van der Waals surface area contributed by atoms with E-state index in [4.69, 9.17) is 0 Å². The molecule has 0 saturated heterocycles. The van der Waals surface area contributed by atoms with Gasteiger partial charge in [-0.3, -0.25) is 4.99 Å². The molecule has 0 amide bonds. The largest absolute Gasteiger partial charge is 0.353 e. The van der Waals surface area contributed by atoms with Crippen molar-refractivity contribution in [2.75, 3.05) is 7.05 Å². The highest BCUT2D eigenvalue weighted by atomic mass is 79.9. The maximum atomic E-state index is 4.28. The van der Waals surface area contributed by atoms with Gasteiger partial charge in [0.1, 0.15) is 0 Å². The summed E-state index contributed by atoms with van der Waals surface area (Å²) < 4.78 is 3.19. The van der Waals surface area contributed by atoms with Crippen molar-refractivity contribution in [2.45, 2.75) is 19.5 Å². The van der Waals surface area contributed by atoms with E-state index in [2.05, 4.69) is 55.2 Å². The Bertz CT molecular complexity index is 618. The predicted molar refractivity (Wildman–Crippen MR) is 91.3 cm³/mol. The lowest BCUT2D eigenvalue weighted by atomic mass is 10.1. The molecule has 112 valence electrons. The molecule has 4 nitrogen and oxygen atoms in total. The molecule has 1 aromatic heterocycles. The van der Waals surface area contributed by atoms with Gasteiger partial charge < -0.3 is 15.2 Å². The molecule has 5 heteroatoms. The number of aliphatic imine (C=N–C) groups is 1. The van der Waals surface area contributed by atoms with Gasteiger partial charge in [-0.1, -0.05) is 34.1 Å². The van der Waals surface area contributed by atoms with E-state index < -0.39 is 0 Å². The summed E-state index contributed by atoms with van der Waals surface area (Å²) in [6.45, 7) is 2.86. The smallest absolute Gasteiger partial charge is 0.191 e. The number of benzene rings is 1. The number of rotatable bonds is 4.